The molecule has 0 radical (unpaired) electrons. The van der Waals surface area contributed by atoms with Crippen molar-refractivity contribution in [2.75, 3.05) is 19.6 Å². The normalized spacial score (nSPS) is 20.2. The number of hydrogen-bond acceptors (Lipinski definition) is 5. The van der Waals surface area contributed by atoms with E-state index in [-0.39, 0.29) is 36.8 Å². The molecule has 39 heavy (non-hydrogen) atoms. The Morgan fingerprint density at radius 3 is 2.46 bits per heavy atom. The highest BCUT2D eigenvalue weighted by molar-refractivity contribution is 8.01. The number of nitrogens with one attached hydrogen (secondary N) is 1. The maximum absolute atomic E-state index is 13.6. The Balaban J connectivity index is 0.00000323. The van der Waals surface area contributed by atoms with Crippen LogP contribution in [-0.4, -0.2) is 61.0 Å². The van der Waals surface area contributed by atoms with E-state index >= 15 is 0 Å². The Kier molecular flexibility index (Phi) is 7.24. The van der Waals surface area contributed by atoms with Gasteiger partial charge in [0.05, 0.1) is 16.3 Å². The monoisotopic (exact) mass is 543 g/mol. The van der Waals surface area contributed by atoms with E-state index in [1.807, 2.05) is 81.1 Å². The number of nitrogens with zero attached hydrogens (tertiary/aromatic N) is 4. The molecule has 4 heterocycles. The summed E-state index contributed by atoms with van der Waals surface area (Å²) in [5.74, 6) is 0.0323. The average molecular weight is 544 g/mol. The number of aromatic nitrogens is 3. The molecule has 2 saturated heterocycles. The molecule has 2 aromatic carbocycles. The quantitative estimate of drug-likeness (QED) is 0.373. The molecular formula is C30H33N5O3S. The highest BCUT2D eigenvalue weighted by atomic mass is 32.2. The second kappa shape index (κ2) is 11.1. The molecule has 2 aliphatic rings. The lowest BCUT2D eigenvalue weighted by Crippen LogP contribution is -2.42. The van der Waals surface area contributed by atoms with Gasteiger partial charge in [0.25, 0.3) is 0 Å². The molecular weight excluding hydrogens is 510 g/mol. The number of piperidine rings is 1. The maximum Gasteiger partial charge on any atom is 0.326 e. The standard InChI is InChI=1S/C30H31N5O3S.H2/c36-27(33-17-13-23(14-18-33)35-25-9-5-4-8-24(25)32-30(35)38)20-26-28(37)34(19-12-21-10-15-31-16-11-21)29(39-26)22-6-2-1-3-7-22;/h1-11,15-16,23,26,29H,12-14,17-20H2,(H,32,38);1H. The first-order valence-electron chi connectivity index (χ1n) is 13.5. The van der Waals surface area contributed by atoms with Gasteiger partial charge in [0.15, 0.2) is 0 Å². The van der Waals surface area contributed by atoms with Crippen molar-refractivity contribution < 1.29 is 11.0 Å². The fraction of sp³-hybridized carbons (Fsp3) is 0.333. The van der Waals surface area contributed by atoms with Gasteiger partial charge >= 0.3 is 5.69 Å². The van der Waals surface area contributed by atoms with Crippen LogP contribution in [0.15, 0.2) is 83.9 Å². The van der Waals surface area contributed by atoms with E-state index in [4.69, 9.17) is 0 Å². The second-order valence-electron chi connectivity index (χ2n) is 10.2. The molecule has 6 rings (SSSR count). The van der Waals surface area contributed by atoms with Gasteiger partial charge in [-0.2, -0.15) is 0 Å². The largest absolute Gasteiger partial charge is 0.342 e. The summed E-state index contributed by atoms with van der Waals surface area (Å²) in [6, 6.07) is 21.7. The van der Waals surface area contributed by atoms with E-state index in [0.29, 0.717) is 32.5 Å². The number of H-pyrrole nitrogens is 1. The Labute approximate surface area is 232 Å². The van der Waals surface area contributed by atoms with Gasteiger partial charge in [-0.25, -0.2) is 4.79 Å². The van der Waals surface area contributed by atoms with Crippen molar-refractivity contribution in [2.24, 2.45) is 0 Å². The fourth-order valence-corrected chi connectivity index (χ4v) is 7.20. The van der Waals surface area contributed by atoms with Gasteiger partial charge in [-0.15, -0.1) is 11.8 Å². The van der Waals surface area contributed by atoms with Crippen molar-refractivity contribution in [3.05, 3.63) is 101 Å². The predicted octanol–water partition coefficient (Wildman–Crippen LogP) is 4.41. The summed E-state index contributed by atoms with van der Waals surface area (Å²) in [5, 5.41) is -0.521. The molecule has 2 fully saturated rings. The Morgan fingerprint density at radius 2 is 1.69 bits per heavy atom. The first kappa shape index (κ1) is 25.4. The highest BCUT2D eigenvalue weighted by Crippen LogP contribution is 2.44. The van der Waals surface area contributed by atoms with Gasteiger partial charge in [-0.3, -0.25) is 19.1 Å². The van der Waals surface area contributed by atoms with E-state index in [1.54, 1.807) is 24.2 Å². The predicted molar refractivity (Wildman–Crippen MR) is 154 cm³/mol. The van der Waals surface area contributed by atoms with Gasteiger partial charge in [0.2, 0.25) is 11.8 Å². The van der Waals surface area contributed by atoms with E-state index in [2.05, 4.69) is 9.97 Å². The molecule has 202 valence electrons. The number of fused-ring (bicyclic) bond motifs is 1. The number of imidazole rings is 1. The minimum atomic E-state index is -0.408. The number of para-hydroxylation sites is 2. The SMILES string of the molecule is O=C(CC1SC(c2ccccc2)N(CCc2ccncc2)C1=O)N1CCC(n2c(=O)[nH]c3ccccc32)CC1.[HH]. The van der Waals surface area contributed by atoms with Crippen LogP contribution in [0.5, 0.6) is 0 Å². The van der Waals surface area contributed by atoms with Crippen molar-refractivity contribution in [3.63, 3.8) is 0 Å². The number of rotatable bonds is 7. The molecule has 0 spiro atoms. The maximum atomic E-state index is 13.6. The third-order valence-corrected chi connectivity index (χ3v) is 9.26. The lowest BCUT2D eigenvalue weighted by molar-refractivity contribution is -0.136. The van der Waals surface area contributed by atoms with Crippen LogP contribution in [0.1, 0.15) is 43.2 Å². The summed E-state index contributed by atoms with van der Waals surface area (Å²) < 4.78 is 1.83. The van der Waals surface area contributed by atoms with E-state index in [0.717, 1.165) is 28.6 Å². The van der Waals surface area contributed by atoms with Crippen LogP contribution < -0.4 is 5.69 Å². The second-order valence-corrected chi connectivity index (χ2v) is 11.4. The number of thioether (sulfide) groups is 1. The van der Waals surface area contributed by atoms with Crippen molar-refractivity contribution in [1.82, 2.24) is 24.3 Å². The van der Waals surface area contributed by atoms with Crippen LogP contribution >= 0.6 is 11.8 Å². The highest BCUT2D eigenvalue weighted by Gasteiger charge is 2.42. The van der Waals surface area contributed by atoms with Gasteiger partial charge in [-0.1, -0.05) is 42.5 Å². The van der Waals surface area contributed by atoms with Crippen LogP contribution in [0.2, 0.25) is 0 Å². The molecule has 0 bridgehead atoms. The third kappa shape index (κ3) is 5.23. The lowest BCUT2D eigenvalue weighted by atomic mass is 10.0. The van der Waals surface area contributed by atoms with E-state index in [9.17, 15) is 14.4 Å². The minimum absolute atomic E-state index is 0. The van der Waals surface area contributed by atoms with Crippen LogP contribution in [0.3, 0.4) is 0 Å². The average Bonchev–Trinajstić information content (AvgIpc) is 3.48. The van der Waals surface area contributed by atoms with Gasteiger partial charge < -0.3 is 14.8 Å². The molecule has 0 saturated carbocycles. The van der Waals surface area contributed by atoms with Gasteiger partial charge in [0, 0.05) is 45.9 Å². The van der Waals surface area contributed by atoms with E-state index < -0.39 is 5.25 Å². The summed E-state index contributed by atoms with van der Waals surface area (Å²) >= 11 is 1.58. The number of amides is 2. The van der Waals surface area contributed by atoms with Crippen molar-refractivity contribution in [2.45, 2.75) is 42.3 Å². The molecule has 0 aliphatic carbocycles. The van der Waals surface area contributed by atoms with Crippen molar-refractivity contribution in [1.29, 1.82) is 0 Å². The number of pyridine rings is 1. The molecule has 2 atom stereocenters. The molecule has 2 amide bonds. The molecule has 8 nitrogen and oxygen atoms in total. The summed E-state index contributed by atoms with van der Waals surface area (Å²) in [5.41, 5.74) is 3.84. The Bertz CT molecular complexity index is 1520. The lowest BCUT2D eigenvalue weighted by Gasteiger charge is -2.33. The summed E-state index contributed by atoms with van der Waals surface area (Å²) in [6.07, 6.45) is 5.89. The van der Waals surface area contributed by atoms with Crippen molar-refractivity contribution in [3.8, 4) is 0 Å². The molecule has 2 aliphatic heterocycles. The number of likely N-dealkylation sites (tertiary alicyclic amines) is 1. The minimum Gasteiger partial charge on any atom is -0.342 e. The number of hydrogen-bond donors (Lipinski definition) is 1. The smallest absolute Gasteiger partial charge is 0.326 e. The third-order valence-electron chi connectivity index (χ3n) is 7.78. The molecule has 4 aromatic rings. The zero-order valence-corrected chi connectivity index (χ0v) is 22.4. The van der Waals surface area contributed by atoms with Gasteiger partial charge in [-0.05, 0) is 54.7 Å². The number of carbonyl (C=O) groups excluding carboxylic acids is 2. The zero-order valence-electron chi connectivity index (χ0n) is 21.6. The number of carbonyl (C=O) groups is 2. The number of benzene rings is 2. The summed E-state index contributed by atoms with van der Waals surface area (Å²) in [4.78, 5) is 50.4. The number of aromatic amines is 1. The van der Waals surface area contributed by atoms with E-state index in [1.165, 1.54) is 0 Å². The van der Waals surface area contributed by atoms with Crippen LogP contribution in [0.4, 0.5) is 0 Å². The summed E-state index contributed by atoms with van der Waals surface area (Å²) in [6.45, 7) is 1.74. The first-order chi connectivity index (χ1) is 19.1. The Morgan fingerprint density at radius 1 is 0.974 bits per heavy atom. The first-order valence-corrected chi connectivity index (χ1v) is 14.4. The molecule has 2 aromatic heterocycles. The zero-order chi connectivity index (χ0) is 26.8. The Hall–Kier alpha value is -3.85. The molecule has 1 N–H and O–H groups in total. The van der Waals surface area contributed by atoms with Crippen LogP contribution in [0, 0.1) is 0 Å². The fourth-order valence-electron chi connectivity index (χ4n) is 5.72. The molecule has 9 heteroatoms. The summed E-state index contributed by atoms with van der Waals surface area (Å²) in [7, 11) is 0. The van der Waals surface area contributed by atoms with Gasteiger partial charge in [0.1, 0.15) is 5.37 Å². The molecule has 2 unspecified atom stereocenters. The van der Waals surface area contributed by atoms with Crippen LogP contribution in [-0.2, 0) is 16.0 Å². The van der Waals surface area contributed by atoms with Crippen molar-refractivity contribution >= 4 is 34.6 Å². The topological polar surface area (TPSA) is 91.3 Å². The van der Waals surface area contributed by atoms with Crippen LogP contribution in [0.25, 0.3) is 11.0 Å².